The van der Waals surface area contributed by atoms with Crippen molar-refractivity contribution in [1.82, 2.24) is 10.0 Å². The van der Waals surface area contributed by atoms with E-state index in [-0.39, 0.29) is 18.4 Å². The van der Waals surface area contributed by atoms with Crippen LogP contribution in [0.15, 0.2) is 23.1 Å². The Hall–Kier alpha value is -0.620. The van der Waals surface area contributed by atoms with Crippen molar-refractivity contribution in [3.05, 3.63) is 29.3 Å². The zero-order valence-electron chi connectivity index (χ0n) is 12.8. The van der Waals surface area contributed by atoms with Crippen LogP contribution in [0.1, 0.15) is 30.9 Å². The molecule has 2 N–H and O–H groups in total. The van der Waals surface area contributed by atoms with Crippen molar-refractivity contribution in [3.63, 3.8) is 0 Å². The van der Waals surface area contributed by atoms with E-state index in [2.05, 4.69) is 10.0 Å². The number of nitrogens with one attached hydrogen (secondary N) is 2. The summed E-state index contributed by atoms with van der Waals surface area (Å²) >= 11 is 0. The number of aryl methyl sites for hydroxylation is 2. The van der Waals surface area contributed by atoms with Gasteiger partial charge in [-0.25, -0.2) is 13.1 Å². The van der Waals surface area contributed by atoms with Crippen molar-refractivity contribution in [1.29, 1.82) is 0 Å². The standard InChI is InChI=1S/C15H24N2O2S.ClH/c1-11-6-7-15(12(2)9-11)20(18,19)17-13(3)14-5-4-8-16-10-14;/h6-7,9,13-14,16-17H,4-5,8,10H2,1-3H3;1H. The quantitative estimate of drug-likeness (QED) is 0.890. The van der Waals surface area contributed by atoms with Crippen molar-refractivity contribution < 1.29 is 8.42 Å². The summed E-state index contributed by atoms with van der Waals surface area (Å²) in [5.74, 6) is 0.365. The molecule has 2 unspecified atom stereocenters. The molecule has 0 radical (unpaired) electrons. The van der Waals surface area contributed by atoms with Crippen LogP contribution in [0, 0.1) is 19.8 Å². The first-order valence-corrected chi connectivity index (χ1v) is 8.69. The van der Waals surface area contributed by atoms with E-state index in [9.17, 15) is 8.42 Å². The van der Waals surface area contributed by atoms with Crippen molar-refractivity contribution in [2.45, 2.75) is 44.6 Å². The minimum atomic E-state index is -3.43. The van der Waals surface area contributed by atoms with E-state index >= 15 is 0 Å². The Bertz CT molecular complexity index is 569. The Morgan fingerprint density at radius 3 is 2.62 bits per heavy atom. The maximum Gasteiger partial charge on any atom is 0.241 e. The predicted octanol–water partition coefficient (Wildman–Crippen LogP) is 2.39. The van der Waals surface area contributed by atoms with Gasteiger partial charge in [0.2, 0.25) is 10.0 Å². The number of halogens is 1. The number of rotatable bonds is 4. The molecule has 4 nitrogen and oxygen atoms in total. The summed E-state index contributed by atoms with van der Waals surface area (Å²) in [4.78, 5) is 0.388. The van der Waals surface area contributed by atoms with Gasteiger partial charge < -0.3 is 5.32 Å². The van der Waals surface area contributed by atoms with E-state index in [4.69, 9.17) is 0 Å². The smallest absolute Gasteiger partial charge is 0.241 e. The molecule has 1 aliphatic rings. The topological polar surface area (TPSA) is 58.2 Å². The maximum absolute atomic E-state index is 12.5. The highest BCUT2D eigenvalue weighted by Crippen LogP contribution is 2.20. The molecule has 2 atom stereocenters. The van der Waals surface area contributed by atoms with E-state index in [0.29, 0.717) is 10.8 Å². The molecular weight excluding hydrogens is 308 g/mol. The summed E-state index contributed by atoms with van der Waals surface area (Å²) < 4.78 is 27.8. The average molecular weight is 333 g/mol. The Kier molecular flexibility index (Phi) is 6.66. The summed E-state index contributed by atoms with van der Waals surface area (Å²) in [5, 5.41) is 3.33. The summed E-state index contributed by atoms with van der Waals surface area (Å²) in [7, 11) is -3.43. The highest BCUT2D eigenvalue weighted by molar-refractivity contribution is 7.89. The van der Waals surface area contributed by atoms with Gasteiger partial charge in [-0.05, 0) is 64.3 Å². The van der Waals surface area contributed by atoms with Crippen molar-refractivity contribution >= 4 is 22.4 Å². The van der Waals surface area contributed by atoms with Gasteiger partial charge in [-0.2, -0.15) is 0 Å². The third kappa shape index (κ3) is 4.68. The first-order valence-electron chi connectivity index (χ1n) is 7.20. The van der Waals surface area contributed by atoms with E-state index in [1.807, 2.05) is 32.9 Å². The lowest BCUT2D eigenvalue weighted by Crippen LogP contribution is -2.44. The second kappa shape index (κ2) is 7.58. The molecule has 0 saturated carbocycles. The van der Waals surface area contributed by atoms with Gasteiger partial charge in [0.05, 0.1) is 4.90 Å². The summed E-state index contributed by atoms with van der Waals surface area (Å²) in [5.41, 5.74) is 1.87. The highest BCUT2D eigenvalue weighted by atomic mass is 35.5. The number of benzene rings is 1. The molecule has 21 heavy (non-hydrogen) atoms. The van der Waals surface area contributed by atoms with Crippen LogP contribution in [0.3, 0.4) is 0 Å². The Morgan fingerprint density at radius 1 is 1.33 bits per heavy atom. The first kappa shape index (κ1) is 18.4. The monoisotopic (exact) mass is 332 g/mol. The van der Waals surface area contributed by atoms with Crippen molar-refractivity contribution in [3.8, 4) is 0 Å². The SMILES string of the molecule is Cc1ccc(S(=O)(=O)NC(C)C2CCCNC2)c(C)c1.Cl. The molecule has 6 heteroatoms. The molecular formula is C15H25ClN2O2S. The van der Waals surface area contributed by atoms with Gasteiger partial charge in [-0.1, -0.05) is 17.7 Å². The Balaban J connectivity index is 0.00000220. The summed E-state index contributed by atoms with van der Waals surface area (Å²) in [6, 6.07) is 5.39. The van der Waals surface area contributed by atoms with Crippen LogP contribution in [-0.2, 0) is 10.0 Å². The first-order chi connectivity index (χ1) is 9.40. The third-order valence-electron chi connectivity index (χ3n) is 4.00. The van der Waals surface area contributed by atoms with Crippen LogP contribution in [0.5, 0.6) is 0 Å². The van der Waals surface area contributed by atoms with Gasteiger partial charge in [-0.3, -0.25) is 0 Å². The molecule has 1 aromatic rings. The third-order valence-corrected chi connectivity index (χ3v) is 5.72. The van der Waals surface area contributed by atoms with Crippen molar-refractivity contribution in [2.75, 3.05) is 13.1 Å². The van der Waals surface area contributed by atoms with Crippen LogP contribution in [0.2, 0.25) is 0 Å². The lowest BCUT2D eigenvalue weighted by atomic mass is 9.94. The molecule has 0 spiro atoms. The maximum atomic E-state index is 12.5. The second-order valence-corrected chi connectivity index (χ2v) is 7.47. The van der Waals surface area contributed by atoms with Crippen LogP contribution < -0.4 is 10.0 Å². The van der Waals surface area contributed by atoms with Crippen LogP contribution in [0.4, 0.5) is 0 Å². The molecule has 1 aromatic carbocycles. The minimum Gasteiger partial charge on any atom is -0.316 e. The molecule has 1 saturated heterocycles. The van der Waals surface area contributed by atoms with Gasteiger partial charge in [0.15, 0.2) is 0 Å². The second-order valence-electron chi connectivity index (χ2n) is 5.79. The molecule has 2 rings (SSSR count). The molecule has 1 fully saturated rings. The van der Waals surface area contributed by atoms with Crippen molar-refractivity contribution in [2.24, 2.45) is 5.92 Å². The number of sulfonamides is 1. The Labute approximate surface area is 134 Å². The Morgan fingerprint density at radius 2 is 2.05 bits per heavy atom. The fourth-order valence-corrected chi connectivity index (χ4v) is 4.35. The van der Waals surface area contributed by atoms with Gasteiger partial charge in [0.1, 0.15) is 0 Å². The summed E-state index contributed by atoms with van der Waals surface area (Å²) in [6.45, 7) is 7.68. The van der Waals surface area contributed by atoms with E-state index in [1.165, 1.54) is 0 Å². The zero-order valence-corrected chi connectivity index (χ0v) is 14.5. The number of hydrogen-bond acceptors (Lipinski definition) is 3. The summed E-state index contributed by atoms with van der Waals surface area (Å²) in [6.07, 6.45) is 2.18. The average Bonchev–Trinajstić information content (AvgIpc) is 2.38. The molecule has 120 valence electrons. The molecule has 1 heterocycles. The normalized spacial score (nSPS) is 20.6. The molecule has 1 aliphatic heterocycles. The van der Waals surface area contributed by atoms with Gasteiger partial charge >= 0.3 is 0 Å². The molecule has 0 aliphatic carbocycles. The fraction of sp³-hybridized carbons (Fsp3) is 0.600. The molecule has 0 aromatic heterocycles. The van der Waals surface area contributed by atoms with Gasteiger partial charge in [-0.15, -0.1) is 12.4 Å². The highest BCUT2D eigenvalue weighted by Gasteiger charge is 2.25. The lowest BCUT2D eigenvalue weighted by Gasteiger charge is -2.28. The van der Waals surface area contributed by atoms with E-state index in [0.717, 1.165) is 37.1 Å². The van der Waals surface area contributed by atoms with Crippen LogP contribution >= 0.6 is 12.4 Å². The fourth-order valence-electron chi connectivity index (χ4n) is 2.81. The van der Waals surface area contributed by atoms with E-state index in [1.54, 1.807) is 6.07 Å². The zero-order chi connectivity index (χ0) is 14.8. The molecule has 0 bridgehead atoms. The predicted molar refractivity (Wildman–Crippen MR) is 88.5 cm³/mol. The molecule has 0 amide bonds. The largest absolute Gasteiger partial charge is 0.316 e. The van der Waals surface area contributed by atoms with Gasteiger partial charge in [0, 0.05) is 6.04 Å². The van der Waals surface area contributed by atoms with Crippen LogP contribution in [0.25, 0.3) is 0 Å². The number of hydrogen-bond donors (Lipinski definition) is 2. The minimum absolute atomic E-state index is 0. The van der Waals surface area contributed by atoms with Crippen LogP contribution in [-0.4, -0.2) is 27.5 Å². The van der Waals surface area contributed by atoms with E-state index < -0.39 is 10.0 Å². The van der Waals surface area contributed by atoms with Gasteiger partial charge in [0.25, 0.3) is 0 Å². The number of piperidine rings is 1. The lowest BCUT2D eigenvalue weighted by molar-refractivity contribution is 0.320.